The molecule has 0 unspecified atom stereocenters. The molecule has 1 aliphatic rings. The standard InChI is InChI=1S/C15H15NO5/c17-13(11-6-1-2-7-12(11)15(20)21)16-10-5-3-4-9(8-10)14(18)19/h1-5,8,11-12H,6-7H2,(H,16,17)(H,18,19)(H,20,21)/p-2/t11-,12+/m0/s1. The minimum Gasteiger partial charge on any atom is -0.550 e. The predicted molar refractivity (Wildman–Crippen MR) is 69.8 cm³/mol. The first kappa shape index (κ1) is 14.8. The zero-order chi connectivity index (χ0) is 15.4. The monoisotopic (exact) mass is 287 g/mol. The molecule has 1 N–H and O–H groups in total. The average Bonchev–Trinajstić information content (AvgIpc) is 2.47. The van der Waals surface area contributed by atoms with Gasteiger partial charge in [-0.05, 0) is 30.5 Å². The van der Waals surface area contributed by atoms with E-state index in [0.717, 1.165) is 0 Å². The van der Waals surface area contributed by atoms with E-state index in [1.165, 1.54) is 24.3 Å². The van der Waals surface area contributed by atoms with E-state index >= 15 is 0 Å². The number of hydrogen-bond donors (Lipinski definition) is 1. The van der Waals surface area contributed by atoms with Gasteiger partial charge in [-0.25, -0.2) is 0 Å². The summed E-state index contributed by atoms with van der Waals surface area (Å²) in [5.41, 5.74) is 0.223. The van der Waals surface area contributed by atoms with Crippen LogP contribution in [0.1, 0.15) is 23.2 Å². The summed E-state index contributed by atoms with van der Waals surface area (Å²) in [4.78, 5) is 34.0. The molecule has 1 aromatic rings. The Morgan fingerprint density at radius 2 is 1.71 bits per heavy atom. The van der Waals surface area contributed by atoms with Crippen LogP contribution in [0.15, 0.2) is 36.4 Å². The molecule has 1 aliphatic carbocycles. The van der Waals surface area contributed by atoms with E-state index in [0.29, 0.717) is 6.42 Å². The van der Waals surface area contributed by atoms with Gasteiger partial charge in [0, 0.05) is 17.6 Å². The fourth-order valence-corrected chi connectivity index (χ4v) is 2.32. The Labute approximate surface area is 121 Å². The van der Waals surface area contributed by atoms with Crippen molar-refractivity contribution in [3.63, 3.8) is 0 Å². The quantitative estimate of drug-likeness (QED) is 0.738. The molecular formula is C15H13NO5-2. The van der Waals surface area contributed by atoms with Crippen molar-refractivity contribution in [2.24, 2.45) is 11.8 Å². The number of hydrogen-bond acceptors (Lipinski definition) is 5. The first-order valence-electron chi connectivity index (χ1n) is 6.47. The number of nitrogens with one attached hydrogen (secondary N) is 1. The minimum atomic E-state index is -1.35. The number of rotatable bonds is 4. The lowest BCUT2D eigenvalue weighted by Crippen LogP contribution is -2.41. The van der Waals surface area contributed by atoms with Gasteiger partial charge in [0.2, 0.25) is 5.91 Å². The molecule has 6 nitrogen and oxygen atoms in total. The van der Waals surface area contributed by atoms with E-state index in [9.17, 15) is 24.6 Å². The second-order valence-electron chi connectivity index (χ2n) is 4.83. The van der Waals surface area contributed by atoms with Crippen molar-refractivity contribution in [1.29, 1.82) is 0 Å². The third kappa shape index (κ3) is 3.47. The predicted octanol–water partition coefficient (Wildman–Crippen LogP) is -0.679. The molecule has 0 saturated carbocycles. The summed E-state index contributed by atoms with van der Waals surface area (Å²) in [6.45, 7) is 0. The van der Waals surface area contributed by atoms with Crippen LogP contribution in [0.2, 0.25) is 0 Å². The molecule has 110 valence electrons. The second kappa shape index (κ2) is 6.21. The summed E-state index contributed by atoms with van der Waals surface area (Å²) < 4.78 is 0. The van der Waals surface area contributed by atoms with E-state index in [2.05, 4.69) is 5.32 Å². The van der Waals surface area contributed by atoms with Crippen molar-refractivity contribution < 1.29 is 24.6 Å². The molecule has 1 aromatic carbocycles. The van der Waals surface area contributed by atoms with Crippen molar-refractivity contribution >= 4 is 23.5 Å². The Kier molecular flexibility index (Phi) is 4.37. The molecule has 1 amide bonds. The highest BCUT2D eigenvalue weighted by Crippen LogP contribution is 2.26. The molecule has 0 bridgehead atoms. The number of carbonyl (C=O) groups excluding carboxylic acids is 3. The third-order valence-electron chi connectivity index (χ3n) is 3.44. The van der Waals surface area contributed by atoms with E-state index < -0.39 is 29.7 Å². The van der Waals surface area contributed by atoms with Crippen LogP contribution in [0.3, 0.4) is 0 Å². The molecule has 6 heteroatoms. The SMILES string of the molecule is O=C([O-])c1cccc(NC(=O)[C@H]2CC=CC[C@H]2C(=O)[O-])c1. The number of aromatic carboxylic acids is 1. The number of carbonyl (C=O) groups is 3. The van der Waals surface area contributed by atoms with Gasteiger partial charge in [0.25, 0.3) is 0 Å². The number of carboxylic acid groups (broad SMARTS) is 2. The number of aliphatic carboxylic acids is 1. The number of allylic oxidation sites excluding steroid dienone is 2. The van der Waals surface area contributed by atoms with E-state index in [1.54, 1.807) is 12.2 Å². The average molecular weight is 287 g/mol. The lowest BCUT2D eigenvalue weighted by molar-refractivity contribution is -0.313. The molecular weight excluding hydrogens is 274 g/mol. The second-order valence-corrected chi connectivity index (χ2v) is 4.83. The van der Waals surface area contributed by atoms with Gasteiger partial charge in [-0.2, -0.15) is 0 Å². The summed E-state index contributed by atoms with van der Waals surface area (Å²) in [6, 6.07) is 5.60. The highest BCUT2D eigenvalue weighted by Gasteiger charge is 2.29. The smallest absolute Gasteiger partial charge is 0.228 e. The highest BCUT2D eigenvalue weighted by atomic mass is 16.4. The first-order chi connectivity index (χ1) is 9.99. The zero-order valence-electron chi connectivity index (χ0n) is 11.1. The van der Waals surface area contributed by atoms with Crippen molar-refractivity contribution in [1.82, 2.24) is 0 Å². The van der Waals surface area contributed by atoms with Crippen LogP contribution in [0.5, 0.6) is 0 Å². The van der Waals surface area contributed by atoms with Crippen LogP contribution in [0.4, 0.5) is 5.69 Å². The molecule has 2 atom stereocenters. The number of carboxylic acids is 2. The maximum atomic E-state index is 12.2. The Bertz CT molecular complexity index is 608. The van der Waals surface area contributed by atoms with Crippen LogP contribution >= 0.6 is 0 Å². The Morgan fingerprint density at radius 1 is 1.05 bits per heavy atom. The van der Waals surface area contributed by atoms with Crippen LogP contribution in [-0.4, -0.2) is 17.8 Å². The Morgan fingerprint density at radius 3 is 2.33 bits per heavy atom. The van der Waals surface area contributed by atoms with Crippen LogP contribution in [-0.2, 0) is 9.59 Å². The fraction of sp³-hybridized carbons (Fsp3) is 0.267. The Hall–Kier alpha value is -2.63. The highest BCUT2D eigenvalue weighted by molar-refractivity contribution is 5.96. The van der Waals surface area contributed by atoms with Crippen LogP contribution in [0, 0.1) is 11.8 Å². The molecule has 0 aliphatic heterocycles. The maximum absolute atomic E-state index is 12.2. The topological polar surface area (TPSA) is 109 Å². The van der Waals surface area contributed by atoms with Gasteiger partial charge in [0.05, 0.1) is 11.9 Å². The molecule has 0 spiro atoms. The summed E-state index contributed by atoms with van der Waals surface area (Å²) in [5, 5.41) is 24.4. The van der Waals surface area contributed by atoms with Gasteiger partial charge in [-0.15, -0.1) is 0 Å². The molecule has 0 saturated heterocycles. The molecule has 0 heterocycles. The van der Waals surface area contributed by atoms with Crippen molar-refractivity contribution in [3.05, 3.63) is 42.0 Å². The summed E-state index contributed by atoms with van der Waals surface area (Å²) >= 11 is 0. The first-order valence-corrected chi connectivity index (χ1v) is 6.47. The number of amides is 1. The Balaban J connectivity index is 2.13. The molecule has 2 rings (SSSR count). The lowest BCUT2D eigenvalue weighted by Gasteiger charge is -2.28. The molecule has 0 aromatic heterocycles. The van der Waals surface area contributed by atoms with Gasteiger partial charge >= 0.3 is 0 Å². The molecule has 0 radical (unpaired) electrons. The largest absolute Gasteiger partial charge is 0.550 e. The summed E-state index contributed by atoms with van der Waals surface area (Å²) in [6.07, 6.45) is 4.02. The van der Waals surface area contributed by atoms with Gasteiger partial charge in [0.1, 0.15) is 0 Å². The van der Waals surface area contributed by atoms with Crippen LogP contribution < -0.4 is 15.5 Å². The normalized spacial score (nSPS) is 20.8. The zero-order valence-corrected chi connectivity index (χ0v) is 11.1. The van der Waals surface area contributed by atoms with E-state index in [1.807, 2.05) is 0 Å². The van der Waals surface area contributed by atoms with E-state index in [-0.39, 0.29) is 17.7 Å². The number of anilines is 1. The summed E-state index contributed by atoms with van der Waals surface area (Å²) in [7, 11) is 0. The maximum Gasteiger partial charge on any atom is 0.228 e. The third-order valence-corrected chi connectivity index (χ3v) is 3.44. The van der Waals surface area contributed by atoms with Gasteiger partial charge in [0.15, 0.2) is 0 Å². The van der Waals surface area contributed by atoms with E-state index in [4.69, 9.17) is 0 Å². The minimum absolute atomic E-state index is 0.0622. The van der Waals surface area contributed by atoms with Gasteiger partial charge < -0.3 is 25.1 Å². The van der Waals surface area contributed by atoms with Crippen molar-refractivity contribution in [3.8, 4) is 0 Å². The number of benzene rings is 1. The molecule has 0 fully saturated rings. The molecule has 21 heavy (non-hydrogen) atoms. The van der Waals surface area contributed by atoms with Crippen molar-refractivity contribution in [2.75, 3.05) is 5.32 Å². The fourth-order valence-electron chi connectivity index (χ4n) is 2.32. The van der Waals surface area contributed by atoms with Crippen LogP contribution in [0.25, 0.3) is 0 Å². The van der Waals surface area contributed by atoms with Gasteiger partial charge in [-0.1, -0.05) is 24.3 Å². The van der Waals surface area contributed by atoms with Crippen molar-refractivity contribution in [2.45, 2.75) is 12.8 Å². The summed E-state index contributed by atoms with van der Waals surface area (Å²) in [5.74, 6) is -4.68. The van der Waals surface area contributed by atoms with Gasteiger partial charge in [-0.3, -0.25) is 4.79 Å². The lowest BCUT2D eigenvalue weighted by atomic mass is 9.82.